The molecule has 1 aliphatic rings. The standard InChI is InChI=1S/C15H25N3O/c1-4-18(5-2)15(8-6-7-9-15)14(19)10-13-11-16-17(3)12-13/h11-12H,4-10H2,1-3H3. The SMILES string of the molecule is CCN(CC)C1(C(=O)Cc2cnn(C)c2)CCCC1. The third-order valence-electron chi connectivity index (χ3n) is 4.44. The van der Waals surface area contributed by atoms with E-state index in [1.807, 2.05) is 19.4 Å². The Morgan fingerprint density at radius 2 is 2.00 bits per heavy atom. The van der Waals surface area contributed by atoms with Crippen molar-refractivity contribution in [2.75, 3.05) is 13.1 Å². The van der Waals surface area contributed by atoms with E-state index in [-0.39, 0.29) is 5.54 Å². The Hall–Kier alpha value is -1.16. The molecule has 0 aliphatic heterocycles. The third kappa shape index (κ3) is 2.73. The summed E-state index contributed by atoms with van der Waals surface area (Å²) in [4.78, 5) is 15.2. The molecule has 1 heterocycles. The number of aryl methyl sites for hydroxylation is 1. The van der Waals surface area contributed by atoms with E-state index in [0.717, 1.165) is 31.5 Å². The van der Waals surface area contributed by atoms with Gasteiger partial charge in [0.15, 0.2) is 5.78 Å². The predicted octanol–water partition coefficient (Wildman–Crippen LogP) is 2.19. The number of Topliss-reactive ketones (excluding diaryl/α,β-unsaturated/α-hetero) is 1. The van der Waals surface area contributed by atoms with Gasteiger partial charge in [-0.2, -0.15) is 5.10 Å². The molecule has 0 spiro atoms. The third-order valence-corrected chi connectivity index (χ3v) is 4.44. The van der Waals surface area contributed by atoms with E-state index in [4.69, 9.17) is 0 Å². The molecule has 2 rings (SSSR count). The van der Waals surface area contributed by atoms with E-state index in [1.165, 1.54) is 12.8 Å². The zero-order valence-corrected chi connectivity index (χ0v) is 12.4. The molecule has 1 aromatic heterocycles. The summed E-state index contributed by atoms with van der Waals surface area (Å²) in [5, 5.41) is 4.16. The number of likely N-dealkylation sites (N-methyl/N-ethyl adjacent to an activating group) is 1. The molecule has 106 valence electrons. The highest BCUT2D eigenvalue weighted by Gasteiger charge is 2.44. The second kappa shape index (κ2) is 5.87. The Morgan fingerprint density at radius 3 is 2.47 bits per heavy atom. The molecule has 1 fully saturated rings. The summed E-state index contributed by atoms with van der Waals surface area (Å²) >= 11 is 0. The van der Waals surface area contributed by atoms with E-state index < -0.39 is 0 Å². The van der Waals surface area contributed by atoms with E-state index in [9.17, 15) is 4.79 Å². The molecule has 1 aromatic rings. The number of nitrogens with zero attached hydrogens (tertiary/aromatic N) is 3. The van der Waals surface area contributed by atoms with Crippen molar-refractivity contribution >= 4 is 5.78 Å². The van der Waals surface area contributed by atoms with Crippen LogP contribution in [0.25, 0.3) is 0 Å². The fourth-order valence-corrected chi connectivity index (χ4v) is 3.47. The highest BCUT2D eigenvalue weighted by molar-refractivity contribution is 5.90. The molecule has 0 N–H and O–H groups in total. The highest BCUT2D eigenvalue weighted by Crippen LogP contribution is 2.36. The molecule has 0 bridgehead atoms. The Kier molecular flexibility index (Phi) is 4.40. The summed E-state index contributed by atoms with van der Waals surface area (Å²) in [6, 6.07) is 0. The topological polar surface area (TPSA) is 38.1 Å². The van der Waals surface area contributed by atoms with Gasteiger partial charge >= 0.3 is 0 Å². The lowest BCUT2D eigenvalue weighted by Gasteiger charge is -2.39. The summed E-state index contributed by atoms with van der Waals surface area (Å²) in [6.45, 7) is 6.21. The average molecular weight is 263 g/mol. The summed E-state index contributed by atoms with van der Waals surface area (Å²) < 4.78 is 1.77. The lowest BCUT2D eigenvalue weighted by molar-refractivity contribution is -0.130. The summed E-state index contributed by atoms with van der Waals surface area (Å²) in [5.41, 5.74) is 0.824. The molecule has 0 unspecified atom stereocenters. The minimum Gasteiger partial charge on any atom is -0.297 e. The summed E-state index contributed by atoms with van der Waals surface area (Å²) in [6.07, 6.45) is 8.67. The van der Waals surface area contributed by atoms with Gasteiger partial charge in [-0.05, 0) is 31.5 Å². The fraction of sp³-hybridized carbons (Fsp3) is 0.733. The molecule has 1 saturated carbocycles. The first-order valence-electron chi connectivity index (χ1n) is 7.38. The fourth-order valence-electron chi connectivity index (χ4n) is 3.47. The predicted molar refractivity (Wildman–Crippen MR) is 76.0 cm³/mol. The second-order valence-electron chi connectivity index (χ2n) is 5.53. The number of hydrogen-bond acceptors (Lipinski definition) is 3. The zero-order valence-electron chi connectivity index (χ0n) is 12.4. The summed E-state index contributed by atoms with van der Waals surface area (Å²) in [7, 11) is 1.89. The lowest BCUT2D eigenvalue weighted by atomic mass is 9.86. The molecule has 0 radical (unpaired) electrons. The quantitative estimate of drug-likeness (QED) is 0.789. The lowest BCUT2D eigenvalue weighted by Crippen LogP contribution is -2.53. The molecular formula is C15H25N3O. The number of carbonyl (C=O) groups excluding carboxylic acids is 1. The average Bonchev–Trinajstić information content (AvgIpc) is 3.01. The van der Waals surface area contributed by atoms with Gasteiger partial charge in [-0.15, -0.1) is 0 Å². The minimum absolute atomic E-state index is 0.209. The van der Waals surface area contributed by atoms with Gasteiger partial charge in [0.25, 0.3) is 0 Å². The minimum atomic E-state index is -0.209. The molecular weight excluding hydrogens is 238 g/mol. The van der Waals surface area contributed by atoms with Crippen LogP contribution < -0.4 is 0 Å². The van der Waals surface area contributed by atoms with E-state index in [1.54, 1.807) is 4.68 Å². The normalized spacial score (nSPS) is 18.1. The van der Waals surface area contributed by atoms with Crippen LogP contribution in [0.1, 0.15) is 45.1 Å². The van der Waals surface area contributed by atoms with Crippen molar-refractivity contribution in [2.24, 2.45) is 7.05 Å². The van der Waals surface area contributed by atoms with Crippen molar-refractivity contribution in [1.29, 1.82) is 0 Å². The zero-order chi connectivity index (χ0) is 13.9. The van der Waals surface area contributed by atoms with Crippen molar-refractivity contribution in [3.05, 3.63) is 18.0 Å². The van der Waals surface area contributed by atoms with Crippen LogP contribution >= 0.6 is 0 Å². The van der Waals surface area contributed by atoms with Gasteiger partial charge in [0.2, 0.25) is 0 Å². The molecule has 4 nitrogen and oxygen atoms in total. The first-order chi connectivity index (χ1) is 9.12. The molecule has 0 atom stereocenters. The number of hydrogen-bond donors (Lipinski definition) is 0. The Labute approximate surface area is 115 Å². The number of ketones is 1. The van der Waals surface area contributed by atoms with Crippen molar-refractivity contribution in [3.63, 3.8) is 0 Å². The number of aromatic nitrogens is 2. The monoisotopic (exact) mass is 263 g/mol. The number of rotatable bonds is 6. The molecule has 0 aromatic carbocycles. The second-order valence-corrected chi connectivity index (χ2v) is 5.53. The van der Waals surface area contributed by atoms with Gasteiger partial charge in [0.05, 0.1) is 11.7 Å². The van der Waals surface area contributed by atoms with Crippen molar-refractivity contribution in [3.8, 4) is 0 Å². The van der Waals surface area contributed by atoms with Gasteiger partial charge in [-0.1, -0.05) is 26.7 Å². The van der Waals surface area contributed by atoms with Crippen LogP contribution in [0.15, 0.2) is 12.4 Å². The van der Waals surface area contributed by atoms with E-state index >= 15 is 0 Å². The van der Waals surface area contributed by atoms with Crippen LogP contribution in [-0.2, 0) is 18.3 Å². The Morgan fingerprint density at radius 1 is 1.37 bits per heavy atom. The van der Waals surface area contributed by atoms with Gasteiger partial charge in [-0.3, -0.25) is 14.4 Å². The number of carbonyl (C=O) groups is 1. The molecule has 0 amide bonds. The van der Waals surface area contributed by atoms with Crippen LogP contribution in [0.3, 0.4) is 0 Å². The summed E-state index contributed by atoms with van der Waals surface area (Å²) in [5.74, 6) is 0.377. The van der Waals surface area contributed by atoms with Crippen molar-refractivity contribution in [1.82, 2.24) is 14.7 Å². The van der Waals surface area contributed by atoms with Gasteiger partial charge in [0, 0.05) is 19.7 Å². The Balaban J connectivity index is 2.16. The maximum absolute atomic E-state index is 12.8. The van der Waals surface area contributed by atoms with E-state index in [0.29, 0.717) is 12.2 Å². The smallest absolute Gasteiger partial charge is 0.157 e. The molecule has 4 heteroatoms. The van der Waals surface area contributed by atoms with Crippen molar-refractivity contribution < 1.29 is 4.79 Å². The van der Waals surface area contributed by atoms with Crippen LogP contribution in [-0.4, -0.2) is 39.1 Å². The Bertz CT molecular complexity index is 428. The maximum Gasteiger partial charge on any atom is 0.157 e. The highest BCUT2D eigenvalue weighted by atomic mass is 16.1. The maximum atomic E-state index is 12.8. The van der Waals surface area contributed by atoms with Crippen molar-refractivity contribution in [2.45, 2.75) is 51.5 Å². The molecule has 19 heavy (non-hydrogen) atoms. The van der Waals surface area contributed by atoms with Gasteiger partial charge in [0.1, 0.15) is 0 Å². The van der Waals surface area contributed by atoms with Gasteiger partial charge < -0.3 is 0 Å². The van der Waals surface area contributed by atoms with E-state index in [2.05, 4.69) is 23.8 Å². The largest absolute Gasteiger partial charge is 0.297 e. The van der Waals surface area contributed by atoms with Crippen LogP contribution in [0.4, 0.5) is 0 Å². The molecule has 1 aliphatic carbocycles. The first kappa shape index (κ1) is 14.3. The van der Waals surface area contributed by atoms with Gasteiger partial charge in [-0.25, -0.2) is 0 Å². The van der Waals surface area contributed by atoms with Crippen LogP contribution in [0.5, 0.6) is 0 Å². The van der Waals surface area contributed by atoms with Crippen LogP contribution in [0.2, 0.25) is 0 Å². The first-order valence-corrected chi connectivity index (χ1v) is 7.38. The molecule has 0 saturated heterocycles. The van der Waals surface area contributed by atoms with Crippen LogP contribution in [0, 0.1) is 0 Å².